The molecule has 146 valence electrons. The minimum Gasteiger partial charge on any atom is -0.478 e. The summed E-state index contributed by atoms with van der Waals surface area (Å²) in [4.78, 5) is 16.0. The lowest BCUT2D eigenvalue weighted by atomic mass is 10.1. The molecule has 0 aliphatic rings. The van der Waals surface area contributed by atoms with Gasteiger partial charge in [0.2, 0.25) is 0 Å². The van der Waals surface area contributed by atoms with Crippen LogP contribution in [0.4, 0.5) is 4.39 Å². The highest BCUT2D eigenvalue weighted by molar-refractivity contribution is 6.31. The zero-order valence-corrected chi connectivity index (χ0v) is 16.4. The number of rotatable bonds is 7. The number of carboxylic acid groups (broad SMARTS) is 1. The van der Waals surface area contributed by atoms with E-state index >= 15 is 0 Å². The predicted molar refractivity (Wildman–Crippen MR) is 106 cm³/mol. The van der Waals surface area contributed by atoms with Crippen LogP contribution in [0.25, 0.3) is 0 Å². The minimum atomic E-state index is -0.970. The Labute approximate surface area is 167 Å². The summed E-state index contributed by atoms with van der Waals surface area (Å²) in [6, 6.07) is 8.05. The van der Waals surface area contributed by atoms with Gasteiger partial charge in [-0.1, -0.05) is 23.7 Å². The summed E-state index contributed by atoms with van der Waals surface area (Å²) in [5.41, 5.74) is 4.25. The number of aromatic nitrogens is 2. The van der Waals surface area contributed by atoms with Crippen LogP contribution in [-0.2, 0) is 19.6 Å². The lowest BCUT2D eigenvalue weighted by molar-refractivity contribution is 0.0694. The maximum absolute atomic E-state index is 13.3. The largest absolute Gasteiger partial charge is 0.478 e. The molecule has 0 spiro atoms. The van der Waals surface area contributed by atoms with Gasteiger partial charge in [-0.25, -0.2) is 9.18 Å². The third-order valence-corrected chi connectivity index (χ3v) is 5.17. The van der Waals surface area contributed by atoms with Gasteiger partial charge in [0.1, 0.15) is 5.82 Å². The highest BCUT2D eigenvalue weighted by Crippen LogP contribution is 2.26. The fourth-order valence-corrected chi connectivity index (χ4v) is 3.57. The number of nitrogens with zero attached hydrogens (tertiary/aromatic N) is 2. The average molecular weight is 402 g/mol. The van der Waals surface area contributed by atoms with Crippen molar-refractivity contribution in [3.05, 3.63) is 87.2 Å². The van der Waals surface area contributed by atoms with E-state index in [4.69, 9.17) is 11.6 Å². The SMILES string of the molecule is Cc1c(CNCc2cccnc2)c(C(=O)O)c(C)n1Cc1ccc(F)cc1Cl. The molecular weight excluding hydrogens is 381 g/mol. The predicted octanol–water partition coefficient (Wildman–Crippen LogP) is 4.33. The van der Waals surface area contributed by atoms with Crippen molar-refractivity contribution in [2.45, 2.75) is 33.5 Å². The normalized spacial score (nSPS) is 11.0. The first kappa shape index (κ1) is 20.0. The van der Waals surface area contributed by atoms with Gasteiger partial charge >= 0.3 is 5.97 Å². The van der Waals surface area contributed by atoms with Gasteiger partial charge in [-0.2, -0.15) is 0 Å². The summed E-state index contributed by atoms with van der Waals surface area (Å²) < 4.78 is 15.2. The molecule has 0 radical (unpaired) electrons. The summed E-state index contributed by atoms with van der Waals surface area (Å²) in [7, 11) is 0. The van der Waals surface area contributed by atoms with Gasteiger partial charge in [-0.3, -0.25) is 4.98 Å². The number of nitrogens with one attached hydrogen (secondary N) is 1. The van der Waals surface area contributed by atoms with E-state index in [1.165, 1.54) is 12.1 Å². The van der Waals surface area contributed by atoms with Gasteiger partial charge in [-0.05, 0) is 43.2 Å². The molecule has 5 nitrogen and oxygen atoms in total. The molecule has 28 heavy (non-hydrogen) atoms. The molecule has 0 atom stereocenters. The maximum atomic E-state index is 13.3. The summed E-state index contributed by atoms with van der Waals surface area (Å²) in [6.45, 7) is 5.03. The molecular formula is C21H21ClFN3O2. The van der Waals surface area contributed by atoms with Gasteiger partial charge in [-0.15, -0.1) is 0 Å². The lowest BCUT2D eigenvalue weighted by Crippen LogP contribution is -2.15. The van der Waals surface area contributed by atoms with Crippen LogP contribution in [0.15, 0.2) is 42.7 Å². The highest BCUT2D eigenvalue weighted by atomic mass is 35.5. The molecule has 0 aliphatic carbocycles. The van der Waals surface area contributed by atoms with Crippen LogP contribution < -0.4 is 5.32 Å². The Hall–Kier alpha value is -2.70. The molecule has 3 aromatic rings. The second-order valence-electron chi connectivity index (χ2n) is 6.62. The molecule has 1 aromatic carbocycles. The Morgan fingerprint density at radius 1 is 1.25 bits per heavy atom. The molecule has 0 fully saturated rings. The number of carboxylic acids is 1. The quantitative estimate of drug-likeness (QED) is 0.618. The first-order valence-corrected chi connectivity index (χ1v) is 9.21. The third-order valence-electron chi connectivity index (χ3n) is 4.82. The Morgan fingerprint density at radius 3 is 2.68 bits per heavy atom. The molecule has 2 aromatic heterocycles. The van der Waals surface area contributed by atoms with Crippen molar-refractivity contribution in [2.24, 2.45) is 0 Å². The maximum Gasteiger partial charge on any atom is 0.337 e. The number of aromatic carboxylic acids is 1. The van der Waals surface area contributed by atoms with E-state index in [-0.39, 0.29) is 5.56 Å². The summed E-state index contributed by atoms with van der Waals surface area (Å²) >= 11 is 6.16. The number of carbonyl (C=O) groups is 1. The zero-order valence-electron chi connectivity index (χ0n) is 15.7. The smallest absolute Gasteiger partial charge is 0.337 e. The Morgan fingerprint density at radius 2 is 2.04 bits per heavy atom. The van der Waals surface area contributed by atoms with E-state index in [1.54, 1.807) is 25.4 Å². The van der Waals surface area contributed by atoms with E-state index < -0.39 is 11.8 Å². The second kappa shape index (κ2) is 8.54. The molecule has 0 saturated heterocycles. The van der Waals surface area contributed by atoms with Crippen LogP contribution in [0, 0.1) is 19.7 Å². The number of pyridine rings is 1. The number of hydrogen-bond donors (Lipinski definition) is 2. The Balaban J connectivity index is 1.87. The molecule has 2 heterocycles. The van der Waals surface area contributed by atoms with Crippen LogP contribution in [0.1, 0.15) is 38.4 Å². The van der Waals surface area contributed by atoms with E-state index in [0.717, 1.165) is 22.4 Å². The number of halogens is 2. The average Bonchev–Trinajstić information content (AvgIpc) is 2.89. The first-order chi connectivity index (χ1) is 13.4. The van der Waals surface area contributed by atoms with E-state index in [1.807, 2.05) is 23.6 Å². The minimum absolute atomic E-state index is 0.287. The Bertz CT molecular complexity index is 1000. The Kier molecular flexibility index (Phi) is 6.11. The summed E-state index contributed by atoms with van der Waals surface area (Å²) in [5, 5.41) is 13.3. The van der Waals surface area contributed by atoms with Gasteiger partial charge in [0.25, 0.3) is 0 Å². The third kappa shape index (κ3) is 4.24. The van der Waals surface area contributed by atoms with Gasteiger partial charge in [0, 0.05) is 54.0 Å². The lowest BCUT2D eigenvalue weighted by Gasteiger charge is -2.12. The zero-order chi connectivity index (χ0) is 20.3. The van der Waals surface area contributed by atoms with E-state index in [2.05, 4.69) is 10.3 Å². The molecule has 3 rings (SSSR count). The van der Waals surface area contributed by atoms with Crippen molar-refractivity contribution >= 4 is 17.6 Å². The topological polar surface area (TPSA) is 67.2 Å². The van der Waals surface area contributed by atoms with Crippen LogP contribution in [0.5, 0.6) is 0 Å². The van der Waals surface area contributed by atoms with Crippen molar-refractivity contribution in [1.82, 2.24) is 14.9 Å². The van der Waals surface area contributed by atoms with Crippen LogP contribution in [0.3, 0.4) is 0 Å². The molecule has 0 unspecified atom stereocenters. The monoisotopic (exact) mass is 401 g/mol. The summed E-state index contributed by atoms with van der Waals surface area (Å²) in [6.07, 6.45) is 3.48. The number of hydrogen-bond acceptors (Lipinski definition) is 3. The molecule has 2 N–H and O–H groups in total. The molecule has 0 aliphatic heterocycles. The molecule has 0 bridgehead atoms. The van der Waals surface area contributed by atoms with Crippen LogP contribution in [-0.4, -0.2) is 20.6 Å². The highest BCUT2D eigenvalue weighted by Gasteiger charge is 2.22. The fourth-order valence-electron chi connectivity index (χ4n) is 3.34. The van der Waals surface area contributed by atoms with Crippen molar-refractivity contribution in [1.29, 1.82) is 0 Å². The summed E-state index contributed by atoms with van der Waals surface area (Å²) in [5.74, 6) is -1.37. The first-order valence-electron chi connectivity index (χ1n) is 8.84. The molecule has 0 amide bonds. The standard InChI is InChI=1S/C21H21ClFN3O2/c1-13-18(11-25-10-15-4-3-7-24-9-15)20(21(27)28)14(2)26(13)12-16-5-6-17(23)8-19(16)22/h3-9,25H,10-12H2,1-2H3,(H,27,28). The van der Waals surface area contributed by atoms with Crippen LogP contribution in [0.2, 0.25) is 5.02 Å². The van der Waals surface area contributed by atoms with Crippen molar-refractivity contribution in [3.63, 3.8) is 0 Å². The van der Waals surface area contributed by atoms with Crippen LogP contribution >= 0.6 is 11.6 Å². The van der Waals surface area contributed by atoms with Gasteiger partial charge < -0.3 is 15.0 Å². The van der Waals surface area contributed by atoms with Gasteiger partial charge in [0.05, 0.1) is 5.56 Å². The van der Waals surface area contributed by atoms with E-state index in [0.29, 0.717) is 30.4 Å². The van der Waals surface area contributed by atoms with Gasteiger partial charge in [0.15, 0.2) is 0 Å². The van der Waals surface area contributed by atoms with E-state index in [9.17, 15) is 14.3 Å². The molecule has 0 saturated carbocycles. The van der Waals surface area contributed by atoms with Crippen molar-refractivity contribution in [3.8, 4) is 0 Å². The second-order valence-corrected chi connectivity index (χ2v) is 7.02. The number of benzene rings is 1. The van der Waals surface area contributed by atoms with Crippen molar-refractivity contribution < 1.29 is 14.3 Å². The van der Waals surface area contributed by atoms with Crippen molar-refractivity contribution in [2.75, 3.05) is 0 Å². The molecule has 7 heteroatoms. The fraction of sp³-hybridized carbons (Fsp3) is 0.238.